The van der Waals surface area contributed by atoms with Crippen LogP contribution >= 0.6 is 0 Å². The molecule has 0 radical (unpaired) electrons. The van der Waals surface area contributed by atoms with Crippen molar-refractivity contribution in [3.8, 4) is 5.75 Å². The smallest absolute Gasteiger partial charge is 0.211 e. The molecule has 2 heterocycles. The predicted octanol–water partition coefficient (Wildman–Crippen LogP) is 3.03. The fourth-order valence-electron chi connectivity index (χ4n) is 2.30. The van der Waals surface area contributed by atoms with Crippen molar-refractivity contribution in [3.05, 3.63) is 59.4 Å². The van der Waals surface area contributed by atoms with E-state index in [2.05, 4.69) is 4.98 Å². The molecule has 0 N–H and O–H groups in total. The fourth-order valence-corrected chi connectivity index (χ4v) is 2.30. The largest absolute Gasteiger partial charge is 0.493 e. The van der Waals surface area contributed by atoms with Crippen molar-refractivity contribution in [2.45, 2.75) is 19.3 Å². The Morgan fingerprint density at radius 3 is 2.95 bits per heavy atom. The van der Waals surface area contributed by atoms with Gasteiger partial charge in [-0.15, -0.1) is 0 Å². The summed E-state index contributed by atoms with van der Waals surface area (Å²) in [6.07, 6.45) is 4.78. The van der Waals surface area contributed by atoms with Crippen LogP contribution in [0.4, 0.5) is 0 Å². The van der Waals surface area contributed by atoms with Crippen LogP contribution in [0.3, 0.4) is 0 Å². The molecular weight excluding hydrogens is 238 g/mol. The Kier molecular flexibility index (Phi) is 3.27. The van der Waals surface area contributed by atoms with E-state index in [9.17, 15) is 4.79 Å². The summed E-state index contributed by atoms with van der Waals surface area (Å²) >= 11 is 0. The van der Waals surface area contributed by atoms with Crippen LogP contribution in [0.2, 0.25) is 0 Å². The molecule has 0 unspecified atom stereocenters. The summed E-state index contributed by atoms with van der Waals surface area (Å²) in [5.74, 6) is 0.878. The normalized spacial score (nSPS) is 14.1. The Morgan fingerprint density at radius 1 is 1.16 bits per heavy atom. The van der Waals surface area contributed by atoms with E-state index in [1.54, 1.807) is 12.3 Å². The quantitative estimate of drug-likeness (QED) is 0.772. The van der Waals surface area contributed by atoms with Crippen molar-refractivity contribution in [2.75, 3.05) is 6.61 Å². The first-order valence-electron chi connectivity index (χ1n) is 6.56. The first-order chi connectivity index (χ1) is 9.34. The summed E-state index contributed by atoms with van der Waals surface area (Å²) in [7, 11) is 0. The van der Waals surface area contributed by atoms with Crippen LogP contribution in [0.25, 0.3) is 0 Å². The molecule has 3 heteroatoms. The zero-order chi connectivity index (χ0) is 13.1. The summed E-state index contributed by atoms with van der Waals surface area (Å²) in [6.45, 7) is 0.764. The number of fused-ring (bicyclic) bond motifs is 1. The van der Waals surface area contributed by atoms with Gasteiger partial charge in [0, 0.05) is 11.8 Å². The highest BCUT2D eigenvalue weighted by molar-refractivity contribution is 6.07. The van der Waals surface area contributed by atoms with Crippen LogP contribution < -0.4 is 4.74 Å². The molecule has 96 valence electrons. The topological polar surface area (TPSA) is 39.2 Å². The van der Waals surface area contributed by atoms with Gasteiger partial charge in [-0.2, -0.15) is 0 Å². The van der Waals surface area contributed by atoms with Crippen LogP contribution in [0.15, 0.2) is 42.6 Å². The monoisotopic (exact) mass is 253 g/mol. The van der Waals surface area contributed by atoms with Crippen molar-refractivity contribution in [1.29, 1.82) is 0 Å². The highest BCUT2D eigenvalue weighted by Gasteiger charge is 2.14. The lowest BCUT2D eigenvalue weighted by Crippen LogP contribution is -2.04. The second-order valence-electron chi connectivity index (χ2n) is 4.67. The number of ketones is 1. The Balaban J connectivity index is 1.94. The molecule has 19 heavy (non-hydrogen) atoms. The molecule has 0 bridgehead atoms. The number of hydrogen-bond donors (Lipinski definition) is 0. The zero-order valence-corrected chi connectivity index (χ0v) is 10.6. The van der Waals surface area contributed by atoms with Crippen LogP contribution in [-0.2, 0) is 6.42 Å². The molecule has 0 amide bonds. The third-order valence-electron chi connectivity index (χ3n) is 3.32. The van der Waals surface area contributed by atoms with Crippen LogP contribution in [0, 0.1) is 0 Å². The average Bonchev–Trinajstić information content (AvgIpc) is 2.72. The molecule has 0 atom stereocenters. The average molecular weight is 253 g/mol. The van der Waals surface area contributed by atoms with E-state index in [0.29, 0.717) is 11.3 Å². The summed E-state index contributed by atoms with van der Waals surface area (Å²) in [4.78, 5) is 16.4. The van der Waals surface area contributed by atoms with E-state index in [1.807, 2.05) is 30.3 Å². The number of ether oxygens (including phenoxy) is 1. The molecule has 3 nitrogen and oxygen atoms in total. The standard InChI is InChI=1S/C16H15NO2/c18-16(14-6-1-3-9-17-14)13-7-8-15-12(11-13)5-2-4-10-19-15/h1,3,6-9,11H,2,4-5,10H2. The number of carbonyl (C=O) groups excluding carboxylic acids is 1. The molecule has 1 aromatic carbocycles. The van der Waals surface area contributed by atoms with Gasteiger partial charge in [0.2, 0.25) is 5.78 Å². The van der Waals surface area contributed by atoms with Crippen molar-refractivity contribution >= 4 is 5.78 Å². The number of aromatic nitrogens is 1. The molecule has 1 aliphatic heterocycles. The van der Waals surface area contributed by atoms with Crippen molar-refractivity contribution in [1.82, 2.24) is 4.98 Å². The van der Waals surface area contributed by atoms with E-state index in [1.165, 1.54) is 0 Å². The van der Waals surface area contributed by atoms with Gasteiger partial charge < -0.3 is 4.74 Å². The molecule has 0 spiro atoms. The first kappa shape index (κ1) is 11.9. The molecule has 0 saturated carbocycles. The Bertz CT molecular complexity index is 593. The molecule has 1 aromatic heterocycles. The van der Waals surface area contributed by atoms with Crippen molar-refractivity contribution in [2.24, 2.45) is 0 Å². The van der Waals surface area contributed by atoms with E-state index >= 15 is 0 Å². The fraction of sp³-hybridized carbons (Fsp3) is 0.250. The van der Waals surface area contributed by atoms with E-state index < -0.39 is 0 Å². The number of nitrogens with zero attached hydrogens (tertiary/aromatic N) is 1. The van der Waals surface area contributed by atoms with Gasteiger partial charge in [-0.3, -0.25) is 9.78 Å². The lowest BCUT2D eigenvalue weighted by molar-refractivity contribution is 0.103. The summed E-state index contributed by atoms with van der Waals surface area (Å²) in [6, 6.07) is 11.0. The number of pyridine rings is 1. The summed E-state index contributed by atoms with van der Waals surface area (Å²) in [5.41, 5.74) is 2.29. The minimum Gasteiger partial charge on any atom is -0.493 e. The van der Waals surface area contributed by atoms with Crippen LogP contribution in [0.5, 0.6) is 5.75 Å². The van der Waals surface area contributed by atoms with Gasteiger partial charge in [0.05, 0.1) is 6.61 Å². The number of benzene rings is 1. The van der Waals surface area contributed by atoms with E-state index in [4.69, 9.17) is 4.74 Å². The number of carbonyl (C=O) groups is 1. The Labute approximate surface area is 112 Å². The van der Waals surface area contributed by atoms with Crippen LogP contribution in [0.1, 0.15) is 34.5 Å². The van der Waals surface area contributed by atoms with Gasteiger partial charge in [0.15, 0.2) is 0 Å². The minimum absolute atomic E-state index is 0.0346. The second kappa shape index (κ2) is 5.22. The maximum Gasteiger partial charge on any atom is 0.211 e. The van der Waals surface area contributed by atoms with Crippen LogP contribution in [-0.4, -0.2) is 17.4 Å². The second-order valence-corrected chi connectivity index (χ2v) is 4.67. The third-order valence-corrected chi connectivity index (χ3v) is 3.32. The highest BCUT2D eigenvalue weighted by Crippen LogP contribution is 2.25. The highest BCUT2D eigenvalue weighted by atomic mass is 16.5. The summed E-state index contributed by atoms with van der Waals surface area (Å²) < 4.78 is 5.66. The first-order valence-corrected chi connectivity index (χ1v) is 6.56. The van der Waals surface area contributed by atoms with E-state index in [-0.39, 0.29) is 5.78 Å². The number of hydrogen-bond acceptors (Lipinski definition) is 3. The lowest BCUT2D eigenvalue weighted by Gasteiger charge is -2.08. The molecular formula is C16H15NO2. The van der Waals surface area contributed by atoms with Gasteiger partial charge in [-0.05, 0) is 55.2 Å². The van der Waals surface area contributed by atoms with Gasteiger partial charge in [-0.25, -0.2) is 0 Å². The van der Waals surface area contributed by atoms with E-state index in [0.717, 1.165) is 37.2 Å². The molecule has 0 aliphatic carbocycles. The zero-order valence-electron chi connectivity index (χ0n) is 10.6. The molecule has 3 rings (SSSR count). The third kappa shape index (κ3) is 2.50. The maximum atomic E-state index is 12.3. The van der Waals surface area contributed by atoms with Gasteiger partial charge in [0.1, 0.15) is 11.4 Å². The number of aryl methyl sites for hydroxylation is 1. The SMILES string of the molecule is O=C(c1ccc2c(c1)CCCCO2)c1ccccn1. The van der Waals surface area contributed by atoms with Gasteiger partial charge >= 0.3 is 0 Å². The van der Waals surface area contributed by atoms with Gasteiger partial charge in [0.25, 0.3) is 0 Å². The maximum absolute atomic E-state index is 12.3. The minimum atomic E-state index is -0.0346. The Morgan fingerprint density at radius 2 is 2.11 bits per heavy atom. The number of rotatable bonds is 2. The van der Waals surface area contributed by atoms with Crippen molar-refractivity contribution < 1.29 is 9.53 Å². The lowest BCUT2D eigenvalue weighted by atomic mass is 10.0. The van der Waals surface area contributed by atoms with Crippen molar-refractivity contribution in [3.63, 3.8) is 0 Å². The van der Waals surface area contributed by atoms with Gasteiger partial charge in [-0.1, -0.05) is 6.07 Å². The molecule has 0 saturated heterocycles. The molecule has 2 aromatic rings. The predicted molar refractivity (Wildman–Crippen MR) is 72.5 cm³/mol. The molecule has 0 fully saturated rings. The summed E-state index contributed by atoms with van der Waals surface area (Å²) in [5, 5.41) is 0. The Hall–Kier alpha value is -2.16. The molecule has 1 aliphatic rings.